The fourth-order valence-electron chi connectivity index (χ4n) is 2.85. The normalized spacial score (nSPS) is 30.6. The van der Waals surface area contributed by atoms with Crippen molar-refractivity contribution in [1.29, 1.82) is 0 Å². The molecule has 0 heterocycles. The van der Waals surface area contributed by atoms with E-state index in [1.165, 1.54) is 0 Å². The lowest BCUT2D eigenvalue weighted by Gasteiger charge is -2.31. The number of ether oxygens (including phenoxy) is 1. The molecule has 0 bridgehead atoms. The van der Waals surface area contributed by atoms with Gasteiger partial charge in [0.15, 0.2) is 0 Å². The van der Waals surface area contributed by atoms with E-state index in [2.05, 4.69) is 0 Å². The molecule has 2 aliphatic rings. The number of benzene rings is 1. The molecule has 3 heteroatoms. The second-order valence-corrected chi connectivity index (χ2v) is 4.83. The number of rotatable bonds is 2. The van der Waals surface area contributed by atoms with Crippen LogP contribution in [0.4, 0.5) is 0 Å². The van der Waals surface area contributed by atoms with Crippen LogP contribution in [0.25, 0.3) is 0 Å². The summed E-state index contributed by atoms with van der Waals surface area (Å²) in [5.74, 6) is 0.530. The van der Waals surface area contributed by atoms with Crippen molar-refractivity contribution in [3.05, 3.63) is 35.9 Å². The lowest BCUT2D eigenvalue weighted by Crippen LogP contribution is -2.39. The summed E-state index contributed by atoms with van der Waals surface area (Å²) in [6.07, 6.45) is 2.26. The Bertz CT molecular complexity index is 452. The van der Waals surface area contributed by atoms with Gasteiger partial charge in [0.2, 0.25) is 0 Å². The maximum atomic E-state index is 11.9. The molecule has 0 N–H and O–H groups in total. The lowest BCUT2D eigenvalue weighted by molar-refractivity contribution is -0.135. The van der Waals surface area contributed by atoms with E-state index in [0.717, 1.165) is 12.8 Å². The molecular weight excluding hydrogens is 216 g/mol. The molecular formula is C14H14O3. The van der Waals surface area contributed by atoms with E-state index in [9.17, 15) is 9.59 Å². The maximum Gasteiger partial charge on any atom is 0.338 e. The minimum absolute atomic E-state index is 0.0505. The first-order chi connectivity index (χ1) is 8.25. The van der Waals surface area contributed by atoms with Crippen LogP contribution in [0, 0.1) is 11.8 Å². The maximum absolute atomic E-state index is 11.9. The van der Waals surface area contributed by atoms with Gasteiger partial charge in [0.1, 0.15) is 11.9 Å². The van der Waals surface area contributed by atoms with Crippen LogP contribution in [-0.2, 0) is 9.53 Å². The third-order valence-electron chi connectivity index (χ3n) is 3.87. The van der Waals surface area contributed by atoms with Crippen molar-refractivity contribution < 1.29 is 14.3 Å². The molecule has 0 aliphatic heterocycles. The highest BCUT2D eigenvalue weighted by Gasteiger charge is 2.50. The second kappa shape index (κ2) is 3.99. The molecule has 0 unspecified atom stereocenters. The average Bonchev–Trinajstić information content (AvgIpc) is 2.67. The zero-order chi connectivity index (χ0) is 11.8. The first-order valence-electron chi connectivity index (χ1n) is 6.04. The van der Waals surface area contributed by atoms with Crippen LogP contribution in [-0.4, -0.2) is 17.9 Å². The minimum Gasteiger partial charge on any atom is -0.458 e. The van der Waals surface area contributed by atoms with Crippen LogP contribution in [0.5, 0.6) is 0 Å². The standard InChI is InChI=1S/C14H14O3/c15-12-8-11-10(12)6-7-13(11)17-14(16)9-4-2-1-3-5-9/h1-5,10-11,13H,6-8H2/t10-,11+,13+/m0/s1. The fraction of sp³-hybridized carbons (Fsp3) is 0.429. The molecule has 0 saturated heterocycles. The Labute approximate surface area is 99.8 Å². The topological polar surface area (TPSA) is 43.4 Å². The quantitative estimate of drug-likeness (QED) is 0.731. The molecule has 2 aliphatic carbocycles. The molecule has 3 atom stereocenters. The van der Waals surface area contributed by atoms with Crippen LogP contribution in [0.15, 0.2) is 30.3 Å². The molecule has 0 spiro atoms. The van der Waals surface area contributed by atoms with Crippen molar-refractivity contribution in [2.45, 2.75) is 25.4 Å². The Kier molecular flexibility index (Phi) is 2.46. The van der Waals surface area contributed by atoms with E-state index < -0.39 is 0 Å². The van der Waals surface area contributed by atoms with E-state index in [4.69, 9.17) is 4.74 Å². The molecule has 1 aromatic carbocycles. The fourth-order valence-corrected chi connectivity index (χ4v) is 2.85. The smallest absolute Gasteiger partial charge is 0.338 e. The van der Waals surface area contributed by atoms with Crippen molar-refractivity contribution >= 4 is 11.8 Å². The SMILES string of the molecule is O=C(O[C@@H]1CC[C@@H]2C(=O)C[C@H]21)c1ccccc1. The molecule has 88 valence electrons. The molecule has 17 heavy (non-hydrogen) atoms. The van der Waals surface area contributed by atoms with E-state index in [1.54, 1.807) is 12.1 Å². The summed E-state index contributed by atoms with van der Waals surface area (Å²) in [6, 6.07) is 9.01. The summed E-state index contributed by atoms with van der Waals surface area (Å²) in [6.45, 7) is 0. The van der Waals surface area contributed by atoms with Crippen LogP contribution in [0.1, 0.15) is 29.6 Å². The first-order valence-corrected chi connectivity index (χ1v) is 6.04. The number of Topliss-reactive ketones (excluding diaryl/α,β-unsaturated/α-hetero) is 1. The van der Waals surface area contributed by atoms with Crippen molar-refractivity contribution in [2.24, 2.45) is 11.8 Å². The Balaban J connectivity index is 1.65. The van der Waals surface area contributed by atoms with E-state index >= 15 is 0 Å². The summed E-state index contributed by atoms with van der Waals surface area (Å²) in [5.41, 5.74) is 0.585. The van der Waals surface area contributed by atoms with Crippen LogP contribution in [0.3, 0.4) is 0 Å². The Hall–Kier alpha value is -1.64. The largest absolute Gasteiger partial charge is 0.458 e. The first kappa shape index (κ1) is 10.5. The van der Waals surface area contributed by atoms with Gasteiger partial charge in [-0.05, 0) is 25.0 Å². The minimum atomic E-state index is -0.268. The highest BCUT2D eigenvalue weighted by molar-refractivity contribution is 5.90. The van der Waals surface area contributed by atoms with E-state index in [1.807, 2.05) is 18.2 Å². The number of carbonyl (C=O) groups is 2. The summed E-state index contributed by atoms with van der Waals surface area (Å²) >= 11 is 0. The summed E-state index contributed by atoms with van der Waals surface area (Å²) in [5, 5.41) is 0. The predicted octanol–water partition coefficient (Wildman–Crippen LogP) is 2.21. The van der Waals surface area contributed by atoms with Gasteiger partial charge in [-0.15, -0.1) is 0 Å². The summed E-state index contributed by atoms with van der Waals surface area (Å²) < 4.78 is 5.49. The summed E-state index contributed by atoms with van der Waals surface area (Å²) in [4.78, 5) is 23.1. The summed E-state index contributed by atoms with van der Waals surface area (Å²) in [7, 11) is 0. The van der Waals surface area contributed by atoms with Gasteiger partial charge < -0.3 is 4.74 Å². The number of carbonyl (C=O) groups excluding carboxylic acids is 2. The van der Waals surface area contributed by atoms with Crippen LogP contribution in [0.2, 0.25) is 0 Å². The highest BCUT2D eigenvalue weighted by atomic mass is 16.5. The predicted molar refractivity (Wildman–Crippen MR) is 61.5 cm³/mol. The zero-order valence-electron chi connectivity index (χ0n) is 9.46. The lowest BCUT2D eigenvalue weighted by atomic mass is 9.74. The molecule has 0 aromatic heterocycles. The monoisotopic (exact) mass is 230 g/mol. The average molecular weight is 230 g/mol. The molecule has 2 saturated carbocycles. The third-order valence-corrected chi connectivity index (χ3v) is 3.87. The molecule has 0 radical (unpaired) electrons. The van der Waals surface area contributed by atoms with Gasteiger partial charge in [0.25, 0.3) is 0 Å². The van der Waals surface area contributed by atoms with Crippen molar-refractivity contribution in [1.82, 2.24) is 0 Å². The van der Waals surface area contributed by atoms with Gasteiger partial charge in [-0.3, -0.25) is 4.79 Å². The molecule has 1 aromatic rings. The van der Waals surface area contributed by atoms with Gasteiger partial charge in [-0.1, -0.05) is 18.2 Å². The number of fused-ring (bicyclic) bond motifs is 1. The van der Waals surface area contributed by atoms with Gasteiger partial charge in [-0.2, -0.15) is 0 Å². The Morgan fingerprint density at radius 3 is 2.59 bits per heavy atom. The van der Waals surface area contributed by atoms with E-state index in [0.29, 0.717) is 17.8 Å². The van der Waals surface area contributed by atoms with Crippen LogP contribution < -0.4 is 0 Å². The van der Waals surface area contributed by atoms with Crippen molar-refractivity contribution in [2.75, 3.05) is 0 Å². The molecule has 2 fully saturated rings. The number of hydrogen-bond donors (Lipinski definition) is 0. The van der Waals surface area contributed by atoms with Gasteiger partial charge >= 0.3 is 5.97 Å². The van der Waals surface area contributed by atoms with E-state index in [-0.39, 0.29) is 23.9 Å². The number of hydrogen-bond acceptors (Lipinski definition) is 3. The van der Waals surface area contributed by atoms with Gasteiger partial charge in [0, 0.05) is 18.3 Å². The molecule has 3 nitrogen and oxygen atoms in total. The number of esters is 1. The van der Waals surface area contributed by atoms with Gasteiger partial charge in [0.05, 0.1) is 5.56 Å². The Morgan fingerprint density at radius 2 is 1.94 bits per heavy atom. The molecule has 3 rings (SSSR count). The molecule has 0 amide bonds. The zero-order valence-corrected chi connectivity index (χ0v) is 9.46. The van der Waals surface area contributed by atoms with Crippen molar-refractivity contribution in [3.63, 3.8) is 0 Å². The number of ketones is 1. The third kappa shape index (κ3) is 1.75. The van der Waals surface area contributed by atoms with Gasteiger partial charge in [-0.25, -0.2) is 4.79 Å². The second-order valence-electron chi connectivity index (χ2n) is 4.83. The Morgan fingerprint density at radius 1 is 1.18 bits per heavy atom. The highest BCUT2D eigenvalue weighted by Crippen LogP contribution is 2.45. The van der Waals surface area contributed by atoms with Crippen LogP contribution >= 0.6 is 0 Å². The van der Waals surface area contributed by atoms with Crippen molar-refractivity contribution in [3.8, 4) is 0 Å².